The zero-order valence-electron chi connectivity index (χ0n) is 27.2. The highest BCUT2D eigenvalue weighted by Crippen LogP contribution is 2.41. The van der Waals surface area contributed by atoms with Crippen LogP contribution >= 0.6 is 22.7 Å². The van der Waals surface area contributed by atoms with Crippen LogP contribution < -0.4 is 0 Å². The Morgan fingerprint density at radius 2 is 1.12 bits per heavy atom. The summed E-state index contributed by atoms with van der Waals surface area (Å²) in [5.41, 5.74) is 7.52. The van der Waals surface area contributed by atoms with Gasteiger partial charge in [-0.3, -0.25) is 4.57 Å². The lowest BCUT2D eigenvalue weighted by Gasteiger charge is -2.34. The van der Waals surface area contributed by atoms with E-state index in [1.54, 1.807) is 0 Å². The van der Waals surface area contributed by atoms with Crippen molar-refractivity contribution in [1.29, 1.82) is 0 Å². The summed E-state index contributed by atoms with van der Waals surface area (Å²) in [6.07, 6.45) is 7.43. The molecule has 0 amide bonds. The third kappa shape index (κ3) is 4.08. The maximum Gasteiger partial charge on any atom is 0.231 e. The smallest absolute Gasteiger partial charge is 0.231 e. The molecule has 3 aromatic heterocycles. The van der Waals surface area contributed by atoms with E-state index in [1.165, 1.54) is 67.8 Å². The number of aromatic nitrogens is 1. The van der Waals surface area contributed by atoms with Crippen LogP contribution in [-0.2, 0) is 0 Å². The van der Waals surface area contributed by atoms with Crippen molar-refractivity contribution in [2.75, 3.05) is 0 Å². The van der Waals surface area contributed by atoms with E-state index in [4.69, 9.17) is 9.98 Å². The lowest BCUT2D eigenvalue weighted by atomic mass is 9.80. The monoisotopic (exact) mass is 675 g/mol. The van der Waals surface area contributed by atoms with Crippen molar-refractivity contribution in [1.82, 2.24) is 4.57 Å². The summed E-state index contributed by atoms with van der Waals surface area (Å²) in [6.45, 7) is 2.26. The molecule has 0 bridgehead atoms. The topological polar surface area (TPSA) is 29.6 Å². The molecule has 1 aliphatic heterocycles. The van der Waals surface area contributed by atoms with Crippen LogP contribution in [0.15, 0.2) is 161 Å². The van der Waals surface area contributed by atoms with Gasteiger partial charge in [-0.25, -0.2) is 9.98 Å². The third-order valence-corrected chi connectivity index (χ3v) is 12.8. The molecule has 0 N–H and O–H groups in total. The molecular weight excluding hydrogens is 647 g/mol. The Kier molecular flexibility index (Phi) is 5.90. The second-order valence-corrected chi connectivity index (χ2v) is 15.7. The molecule has 0 saturated heterocycles. The quantitative estimate of drug-likeness (QED) is 0.175. The van der Waals surface area contributed by atoms with Crippen molar-refractivity contribution in [3.05, 3.63) is 157 Å². The van der Waals surface area contributed by atoms with Gasteiger partial charge in [0.25, 0.3) is 0 Å². The molecule has 236 valence electrons. The van der Waals surface area contributed by atoms with Crippen LogP contribution in [0.1, 0.15) is 18.9 Å². The molecule has 1 atom stereocenters. The molecule has 3 nitrogen and oxygen atoms in total. The van der Waals surface area contributed by atoms with E-state index in [0.29, 0.717) is 0 Å². The predicted octanol–water partition coefficient (Wildman–Crippen LogP) is 12.5. The molecule has 0 saturated carbocycles. The highest BCUT2D eigenvalue weighted by molar-refractivity contribution is 7.26. The summed E-state index contributed by atoms with van der Waals surface area (Å²) in [5.74, 6) is 0.732. The Morgan fingerprint density at radius 1 is 0.560 bits per heavy atom. The number of hydrogen-bond acceptors (Lipinski definition) is 4. The zero-order valence-corrected chi connectivity index (χ0v) is 28.9. The first-order valence-corrected chi connectivity index (χ1v) is 18.7. The molecule has 2 aliphatic rings. The minimum absolute atomic E-state index is 0.427. The van der Waals surface area contributed by atoms with E-state index in [-0.39, 0.29) is 0 Å². The second-order valence-electron chi connectivity index (χ2n) is 13.6. The van der Waals surface area contributed by atoms with Crippen molar-refractivity contribution in [2.45, 2.75) is 18.9 Å². The minimum atomic E-state index is -0.427. The van der Waals surface area contributed by atoms with Crippen molar-refractivity contribution in [3.8, 4) is 11.1 Å². The van der Waals surface area contributed by atoms with Gasteiger partial charge in [0.15, 0.2) is 0 Å². The number of hydrogen-bond donors (Lipinski definition) is 0. The standard InChI is InChI=1S/C45H29N3S2/c1-45-23-9-8-13-36(45)43(29-19-22-42-35(26-29)32-12-4-7-16-40(32)50-42)46-44(47-45)48-37-14-5-2-10-30(37)33-24-27(17-20-38(33)48)28-18-21-41-34(25-28)31-11-3-6-15-39(31)49-41/h2-22,24-26H,23H2,1H3. The van der Waals surface area contributed by atoms with E-state index < -0.39 is 5.54 Å². The van der Waals surface area contributed by atoms with Gasteiger partial charge in [-0.15, -0.1) is 22.7 Å². The van der Waals surface area contributed by atoms with E-state index in [9.17, 15) is 0 Å². The van der Waals surface area contributed by atoms with Gasteiger partial charge in [-0.2, -0.15) is 0 Å². The average molecular weight is 676 g/mol. The molecule has 0 fully saturated rings. The van der Waals surface area contributed by atoms with Crippen LogP contribution in [0.4, 0.5) is 0 Å². The Morgan fingerprint density at radius 3 is 1.86 bits per heavy atom. The van der Waals surface area contributed by atoms with Crippen LogP contribution in [0, 0.1) is 0 Å². The first-order valence-electron chi connectivity index (χ1n) is 17.0. The van der Waals surface area contributed by atoms with E-state index >= 15 is 0 Å². The third-order valence-electron chi connectivity index (χ3n) is 10.5. The lowest BCUT2D eigenvalue weighted by Crippen LogP contribution is -2.37. The molecule has 5 heteroatoms. The van der Waals surface area contributed by atoms with Gasteiger partial charge in [0.05, 0.1) is 22.3 Å². The van der Waals surface area contributed by atoms with Crippen molar-refractivity contribution in [3.63, 3.8) is 0 Å². The second kappa shape index (κ2) is 10.4. The Labute approximate surface area is 296 Å². The molecule has 50 heavy (non-hydrogen) atoms. The first kappa shape index (κ1) is 28.2. The van der Waals surface area contributed by atoms with Gasteiger partial charge < -0.3 is 0 Å². The molecule has 6 aromatic carbocycles. The number of fused-ring (bicyclic) bond motifs is 10. The summed E-state index contributed by atoms with van der Waals surface area (Å²) in [6, 6.07) is 46.7. The van der Waals surface area contributed by atoms with E-state index in [1.807, 2.05) is 22.7 Å². The lowest BCUT2D eigenvalue weighted by molar-refractivity contribution is 0.567. The average Bonchev–Trinajstić information content (AvgIpc) is 3.82. The zero-order chi connectivity index (χ0) is 33.0. The van der Waals surface area contributed by atoms with E-state index in [0.717, 1.165) is 34.7 Å². The number of nitrogens with zero attached hydrogens (tertiary/aromatic N) is 3. The molecule has 1 unspecified atom stereocenters. The fraction of sp³-hybridized carbons (Fsp3) is 0.0667. The van der Waals surface area contributed by atoms with Crippen LogP contribution in [0.3, 0.4) is 0 Å². The predicted molar refractivity (Wildman–Crippen MR) is 217 cm³/mol. The SMILES string of the molecule is CC12CC=CC=C1C(c1ccc3sc4ccccc4c3c1)=NC(n1c3ccccc3c3cc(-c4ccc5sc6ccccc6c5c4)ccc31)=N2. The summed E-state index contributed by atoms with van der Waals surface area (Å²) >= 11 is 3.71. The van der Waals surface area contributed by atoms with Crippen molar-refractivity contribution >= 4 is 96.5 Å². The van der Waals surface area contributed by atoms with Gasteiger partial charge in [-0.05, 0) is 79.1 Å². The van der Waals surface area contributed by atoms with Gasteiger partial charge in [-0.1, -0.05) is 91.0 Å². The largest absolute Gasteiger partial charge is 0.278 e. The molecule has 0 spiro atoms. The Hall–Kier alpha value is -5.62. The number of thiophene rings is 2. The molecule has 9 aromatic rings. The van der Waals surface area contributed by atoms with E-state index in [2.05, 4.69) is 157 Å². The van der Waals surface area contributed by atoms with Gasteiger partial charge >= 0.3 is 0 Å². The van der Waals surface area contributed by atoms with Crippen LogP contribution in [0.5, 0.6) is 0 Å². The summed E-state index contributed by atoms with van der Waals surface area (Å²) in [7, 11) is 0. The van der Waals surface area contributed by atoms with Crippen LogP contribution in [-0.4, -0.2) is 21.8 Å². The maximum absolute atomic E-state index is 5.47. The fourth-order valence-corrected chi connectivity index (χ4v) is 10.2. The summed E-state index contributed by atoms with van der Waals surface area (Å²) < 4.78 is 7.54. The molecule has 1 aliphatic carbocycles. The van der Waals surface area contributed by atoms with Gasteiger partial charge in [0, 0.05) is 62.3 Å². The Bertz CT molecular complexity index is 3040. The summed E-state index contributed by atoms with van der Waals surface area (Å²) in [5, 5.41) is 7.62. The van der Waals surface area contributed by atoms with Gasteiger partial charge in [0.2, 0.25) is 5.96 Å². The summed E-state index contributed by atoms with van der Waals surface area (Å²) in [4.78, 5) is 10.9. The van der Waals surface area contributed by atoms with Crippen LogP contribution in [0.25, 0.3) is 73.3 Å². The van der Waals surface area contributed by atoms with Gasteiger partial charge in [0.1, 0.15) is 0 Å². The number of aliphatic imine (C=N–C) groups is 2. The number of benzene rings is 6. The minimum Gasteiger partial charge on any atom is -0.278 e. The molecule has 11 rings (SSSR count). The normalized spacial score (nSPS) is 17.6. The highest BCUT2D eigenvalue weighted by atomic mass is 32.1. The molecule has 0 radical (unpaired) electrons. The van der Waals surface area contributed by atoms with Crippen molar-refractivity contribution < 1.29 is 0 Å². The first-order chi connectivity index (χ1) is 24.6. The number of rotatable bonds is 2. The molecular formula is C45H29N3S2. The number of allylic oxidation sites excluding steroid dienone is 2. The highest BCUT2D eigenvalue weighted by Gasteiger charge is 2.37. The Balaban J connectivity index is 1.11. The van der Waals surface area contributed by atoms with Crippen LogP contribution in [0.2, 0.25) is 0 Å². The number of para-hydroxylation sites is 1. The molecule has 4 heterocycles. The van der Waals surface area contributed by atoms with Crippen molar-refractivity contribution in [2.24, 2.45) is 9.98 Å². The fourth-order valence-electron chi connectivity index (χ4n) is 8.06. The maximum atomic E-state index is 5.47.